The minimum atomic E-state index is 0. The van der Waals surface area contributed by atoms with Gasteiger partial charge in [-0.05, 0) is 17.9 Å². The maximum absolute atomic E-state index is 4.67. The van der Waals surface area contributed by atoms with Crippen LogP contribution >= 0.6 is 24.0 Å². The summed E-state index contributed by atoms with van der Waals surface area (Å²) in [5.74, 6) is 2.02. The molecule has 1 aromatic carbocycles. The van der Waals surface area contributed by atoms with Gasteiger partial charge in [0.15, 0.2) is 5.96 Å². The predicted molar refractivity (Wildman–Crippen MR) is 99.2 cm³/mol. The van der Waals surface area contributed by atoms with Crippen molar-refractivity contribution in [1.29, 1.82) is 0 Å². The Hall–Kier alpha value is -0.780. The van der Waals surface area contributed by atoms with Gasteiger partial charge in [-0.3, -0.25) is 4.99 Å². The Kier molecular flexibility index (Phi) is 6.33. The fourth-order valence-electron chi connectivity index (χ4n) is 3.31. The summed E-state index contributed by atoms with van der Waals surface area (Å²) in [6, 6.07) is 11.0. The van der Waals surface area contributed by atoms with E-state index in [4.69, 9.17) is 0 Å². The molecule has 1 heterocycles. The second-order valence-corrected chi connectivity index (χ2v) is 6.13. The monoisotopic (exact) mass is 399 g/mol. The predicted octanol–water partition coefficient (Wildman–Crippen LogP) is 3.82. The summed E-state index contributed by atoms with van der Waals surface area (Å²) < 4.78 is 0. The van der Waals surface area contributed by atoms with E-state index in [0.29, 0.717) is 6.04 Å². The van der Waals surface area contributed by atoms with Crippen LogP contribution in [0.5, 0.6) is 0 Å². The largest absolute Gasteiger partial charge is 0.348 e. The van der Waals surface area contributed by atoms with Crippen molar-refractivity contribution in [3.63, 3.8) is 0 Å². The van der Waals surface area contributed by atoms with Gasteiger partial charge in [-0.1, -0.05) is 56.0 Å². The summed E-state index contributed by atoms with van der Waals surface area (Å²) in [6.07, 6.45) is 7.04. The highest BCUT2D eigenvalue weighted by atomic mass is 127. The van der Waals surface area contributed by atoms with E-state index in [9.17, 15) is 0 Å². The number of nitrogens with zero attached hydrogens (tertiary/aromatic N) is 2. The standard InChI is InChI=1S/C17H25N3.HI/c1-20(12-11-14-7-5-6-8-14)17-18-13-16(19-17)15-9-3-2-4-10-15;/h2-4,9-10,14,16H,5-8,11-13H2,1H3,(H,18,19);1H. The van der Waals surface area contributed by atoms with Crippen molar-refractivity contribution in [2.75, 3.05) is 20.1 Å². The van der Waals surface area contributed by atoms with Gasteiger partial charge >= 0.3 is 0 Å². The Morgan fingerprint density at radius 3 is 2.62 bits per heavy atom. The molecule has 1 aromatic rings. The highest BCUT2D eigenvalue weighted by Crippen LogP contribution is 2.27. The van der Waals surface area contributed by atoms with Gasteiger partial charge in [0, 0.05) is 13.6 Å². The van der Waals surface area contributed by atoms with Crippen LogP contribution in [0.2, 0.25) is 0 Å². The van der Waals surface area contributed by atoms with Crippen molar-refractivity contribution in [2.45, 2.75) is 38.1 Å². The zero-order valence-electron chi connectivity index (χ0n) is 12.8. The molecule has 116 valence electrons. The number of aliphatic imine (C=N–C) groups is 1. The molecule has 3 nitrogen and oxygen atoms in total. The minimum Gasteiger partial charge on any atom is -0.348 e. The Bertz CT molecular complexity index is 454. The molecule has 1 unspecified atom stereocenters. The third kappa shape index (κ3) is 4.34. The lowest BCUT2D eigenvalue weighted by atomic mass is 10.0. The van der Waals surface area contributed by atoms with Crippen LogP contribution in [0.3, 0.4) is 0 Å². The Balaban J connectivity index is 0.00000161. The molecule has 0 aromatic heterocycles. The molecule has 1 aliphatic heterocycles. The third-order valence-corrected chi connectivity index (χ3v) is 4.64. The highest BCUT2D eigenvalue weighted by Gasteiger charge is 2.22. The number of nitrogens with one attached hydrogen (secondary N) is 1. The minimum absolute atomic E-state index is 0. The van der Waals surface area contributed by atoms with E-state index in [1.807, 2.05) is 0 Å². The molecule has 1 N–H and O–H groups in total. The summed E-state index contributed by atoms with van der Waals surface area (Å²) in [5.41, 5.74) is 1.33. The highest BCUT2D eigenvalue weighted by molar-refractivity contribution is 14.0. The summed E-state index contributed by atoms with van der Waals surface area (Å²) in [7, 11) is 2.16. The number of guanidine groups is 1. The van der Waals surface area contributed by atoms with Crippen LogP contribution in [0.4, 0.5) is 0 Å². The van der Waals surface area contributed by atoms with Gasteiger partial charge in [-0.25, -0.2) is 0 Å². The first-order valence-corrected chi connectivity index (χ1v) is 7.90. The lowest BCUT2D eigenvalue weighted by Gasteiger charge is -2.22. The van der Waals surface area contributed by atoms with E-state index in [1.165, 1.54) is 37.7 Å². The number of hydrogen-bond donors (Lipinski definition) is 1. The van der Waals surface area contributed by atoms with E-state index in [0.717, 1.165) is 25.0 Å². The molecule has 0 radical (unpaired) electrons. The van der Waals surface area contributed by atoms with Crippen LogP contribution in [0.1, 0.15) is 43.7 Å². The van der Waals surface area contributed by atoms with Crippen LogP contribution in [-0.2, 0) is 0 Å². The van der Waals surface area contributed by atoms with Crippen molar-refractivity contribution in [3.8, 4) is 0 Å². The van der Waals surface area contributed by atoms with Gasteiger partial charge in [0.25, 0.3) is 0 Å². The van der Waals surface area contributed by atoms with Crippen molar-refractivity contribution >= 4 is 29.9 Å². The van der Waals surface area contributed by atoms with Crippen molar-refractivity contribution < 1.29 is 0 Å². The fourth-order valence-corrected chi connectivity index (χ4v) is 3.31. The second kappa shape index (κ2) is 8.01. The lowest BCUT2D eigenvalue weighted by Crippen LogP contribution is -2.38. The molecule has 0 bridgehead atoms. The molecule has 4 heteroatoms. The fraction of sp³-hybridized carbons (Fsp3) is 0.588. The van der Waals surface area contributed by atoms with Gasteiger partial charge in [-0.15, -0.1) is 24.0 Å². The molecule has 0 saturated heterocycles. The average molecular weight is 399 g/mol. The first kappa shape index (κ1) is 16.6. The summed E-state index contributed by atoms with van der Waals surface area (Å²) in [6.45, 7) is 1.98. The van der Waals surface area contributed by atoms with Gasteiger partial charge < -0.3 is 10.2 Å². The molecule has 0 spiro atoms. The van der Waals surface area contributed by atoms with Crippen molar-refractivity contribution in [2.24, 2.45) is 10.9 Å². The average Bonchev–Trinajstić information content (AvgIpc) is 3.17. The van der Waals surface area contributed by atoms with Crippen LogP contribution < -0.4 is 5.32 Å². The van der Waals surface area contributed by atoms with Gasteiger partial charge in [0.1, 0.15) is 0 Å². The quantitative estimate of drug-likeness (QED) is 0.780. The smallest absolute Gasteiger partial charge is 0.194 e. The Morgan fingerprint density at radius 2 is 1.90 bits per heavy atom. The number of halogens is 1. The van der Waals surface area contributed by atoms with Crippen LogP contribution in [0.25, 0.3) is 0 Å². The van der Waals surface area contributed by atoms with E-state index in [1.54, 1.807) is 0 Å². The molecular weight excluding hydrogens is 373 g/mol. The molecule has 1 saturated carbocycles. The maximum atomic E-state index is 4.67. The molecule has 1 fully saturated rings. The second-order valence-electron chi connectivity index (χ2n) is 6.13. The molecule has 3 rings (SSSR count). The Labute approximate surface area is 145 Å². The van der Waals surface area contributed by atoms with Crippen molar-refractivity contribution in [3.05, 3.63) is 35.9 Å². The van der Waals surface area contributed by atoms with Gasteiger partial charge in [0.2, 0.25) is 0 Å². The zero-order chi connectivity index (χ0) is 13.8. The van der Waals surface area contributed by atoms with Crippen LogP contribution in [-0.4, -0.2) is 31.0 Å². The molecule has 0 amide bonds. The summed E-state index contributed by atoms with van der Waals surface area (Å²) in [5, 5.41) is 3.56. The van der Waals surface area contributed by atoms with Crippen molar-refractivity contribution in [1.82, 2.24) is 10.2 Å². The molecular formula is C17H26IN3. The van der Waals surface area contributed by atoms with Gasteiger partial charge in [-0.2, -0.15) is 0 Å². The number of benzene rings is 1. The first-order valence-electron chi connectivity index (χ1n) is 7.90. The third-order valence-electron chi connectivity index (χ3n) is 4.64. The first-order chi connectivity index (χ1) is 9.83. The number of hydrogen-bond acceptors (Lipinski definition) is 3. The van der Waals surface area contributed by atoms with E-state index < -0.39 is 0 Å². The van der Waals surface area contributed by atoms with E-state index >= 15 is 0 Å². The Morgan fingerprint density at radius 1 is 1.19 bits per heavy atom. The summed E-state index contributed by atoms with van der Waals surface area (Å²) in [4.78, 5) is 6.96. The maximum Gasteiger partial charge on any atom is 0.194 e. The topological polar surface area (TPSA) is 27.6 Å². The molecule has 1 aliphatic carbocycles. The SMILES string of the molecule is CN(CCC1CCCC1)C1=NCC(c2ccccc2)N1.I. The summed E-state index contributed by atoms with van der Waals surface area (Å²) >= 11 is 0. The van der Waals surface area contributed by atoms with E-state index in [2.05, 4.69) is 52.6 Å². The normalized spacial score (nSPS) is 21.6. The molecule has 21 heavy (non-hydrogen) atoms. The zero-order valence-corrected chi connectivity index (χ0v) is 15.1. The molecule has 1 atom stereocenters. The molecule has 2 aliphatic rings. The lowest BCUT2D eigenvalue weighted by molar-refractivity contribution is 0.399. The van der Waals surface area contributed by atoms with Crippen LogP contribution in [0, 0.1) is 5.92 Å². The van der Waals surface area contributed by atoms with Gasteiger partial charge in [0.05, 0.1) is 12.6 Å². The van der Waals surface area contributed by atoms with E-state index in [-0.39, 0.29) is 24.0 Å². The number of rotatable bonds is 4. The van der Waals surface area contributed by atoms with Crippen LogP contribution in [0.15, 0.2) is 35.3 Å².